The zero-order chi connectivity index (χ0) is 21.5. The van der Waals surface area contributed by atoms with Gasteiger partial charge in [-0.3, -0.25) is 14.3 Å². The summed E-state index contributed by atoms with van der Waals surface area (Å²) < 4.78 is 13.0. The van der Waals surface area contributed by atoms with E-state index in [1.54, 1.807) is 38.3 Å². The predicted octanol–water partition coefficient (Wildman–Crippen LogP) is 4.50. The van der Waals surface area contributed by atoms with Crippen molar-refractivity contribution in [2.45, 2.75) is 13.0 Å². The van der Waals surface area contributed by atoms with Crippen LogP contribution in [0.3, 0.4) is 0 Å². The molecule has 0 aliphatic rings. The van der Waals surface area contributed by atoms with E-state index in [2.05, 4.69) is 10.4 Å². The number of furan rings is 1. The van der Waals surface area contributed by atoms with Crippen LogP contribution in [-0.2, 0) is 4.79 Å². The first-order chi connectivity index (χ1) is 15.1. The van der Waals surface area contributed by atoms with Gasteiger partial charge in [-0.1, -0.05) is 30.3 Å². The van der Waals surface area contributed by atoms with Crippen LogP contribution < -0.4 is 15.5 Å². The number of anilines is 1. The number of carbonyl (C=O) groups is 1. The summed E-state index contributed by atoms with van der Waals surface area (Å²) in [5.74, 6) is 0.229. The van der Waals surface area contributed by atoms with Gasteiger partial charge in [0.1, 0.15) is 23.0 Å². The fourth-order valence-corrected chi connectivity index (χ4v) is 3.80. The van der Waals surface area contributed by atoms with Crippen LogP contribution in [0.4, 0.5) is 5.69 Å². The highest BCUT2D eigenvalue weighted by Crippen LogP contribution is 2.36. The minimum absolute atomic E-state index is 0.184. The Hall–Kier alpha value is -4.13. The molecule has 3 aromatic carbocycles. The van der Waals surface area contributed by atoms with Crippen molar-refractivity contribution in [2.75, 3.05) is 12.4 Å². The van der Waals surface area contributed by atoms with Gasteiger partial charge in [0.15, 0.2) is 0 Å². The normalized spacial score (nSPS) is 12.3. The van der Waals surface area contributed by atoms with Gasteiger partial charge in [0.2, 0.25) is 11.3 Å². The first kappa shape index (κ1) is 18.9. The van der Waals surface area contributed by atoms with Gasteiger partial charge >= 0.3 is 0 Å². The number of aromatic nitrogens is 2. The number of methoxy groups -OCH3 is 1. The molecule has 0 unspecified atom stereocenters. The fraction of sp³-hybridized carbons (Fsp3) is 0.125. The lowest BCUT2D eigenvalue weighted by atomic mass is 10.1. The highest BCUT2D eigenvalue weighted by molar-refractivity contribution is 6.08. The Morgan fingerprint density at radius 2 is 1.77 bits per heavy atom. The van der Waals surface area contributed by atoms with E-state index in [0.29, 0.717) is 27.9 Å². The Morgan fingerprint density at radius 3 is 2.58 bits per heavy atom. The molecule has 1 N–H and O–H groups in total. The van der Waals surface area contributed by atoms with Crippen molar-refractivity contribution < 1.29 is 13.9 Å². The van der Waals surface area contributed by atoms with E-state index in [1.165, 1.54) is 10.9 Å². The molecule has 31 heavy (non-hydrogen) atoms. The van der Waals surface area contributed by atoms with Crippen LogP contribution in [0.2, 0.25) is 0 Å². The zero-order valence-electron chi connectivity index (χ0n) is 17.0. The molecule has 5 aromatic rings. The smallest absolute Gasteiger partial charge is 0.249 e. The largest absolute Gasteiger partial charge is 0.495 e. The molecular weight excluding hydrogens is 394 g/mol. The summed E-state index contributed by atoms with van der Waals surface area (Å²) in [7, 11) is 1.55. The monoisotopic (exact) mass is 413 g/mol. The summed E-state index contributed by atoms with van der Waals surface area (Å²) in [5, 5.41) is 9.50. The van der Waals surface area contributed by atoms with E-state index >= 15 is 0 Å². The number of hydrogen-bond donors (Lipinski definition) is 1. The number of nitrogens with zero attached hydrogens (tertiary/aromatic N) is 2. The molecule has 0 aliphatic heterocycles. The highest BCUT2D eigenvalue weighted by atomic mass is 16.5. The van der Waals surface area contributed by atoms with Gasteiger partial charge in [0.25, 0.3) is 0 Å². The summed E-state index contributed by atoms with van der Waals surface area (Å²) in [4.78, 5) is 25.2. The minimum atomic E-state index is -0.665. The average molecular weight is 413 g/mol. The van der Waals surface area contributed by atoms with Crippen molar-refractivity contribution in [3.05, 3.63) is 77.1 Å². The number of nitrogens with one attached hydrogen (secondary N) is 1. The van der Waals surface area contributed by atoms with Gasteiger partial charge in [0, 0.05) is 22.2 Å². The van der Waals surface area contributed by atoms with Gasteiger partial charge in [-0.25, -0.2) is 0 Å². The molecule has 0 spiro atoms. The standard InChI is InChI=1S/C24H19N3O4/c1-14(27-19-9-5-3-8-16(19)20(28)13-25-27)24(29)26-18-12-22-17(11-23(18)30-2)15-7-4-6-10-21(15)31-22/h3-14H,1-2H3,(H,26,29)/t14-/m0/s1. The molecule has 0 bridgehead atoms. The maximum Gasteiger partial charge on any atom is 0.249 e. The van der Waals surface area contributed by atoms with Crippen molar-refractivity contribution in [3.8, 4) is 5.75 Å². The topological polar surface area (TPSA) is 86.4 Å². The lowest BCUT2D eigenvalue weighted by Crippen LogP contribution is -2.27. The van der Waals surface area contributed by atoms with Gasteiger partial charge in [-0.05, 0) is 31.2 Å². The molecule has 5 rings (SSSR count). The van der Waals surface area contributed by atoms with Crippen LogP contribution in [0.1, 0.15) is 13.0 Å². The molecule has 0 fully saturated rings. The second-order valence-electron chi connectivity index (χ2n) is 7.28. The molecule has 0 radical (unpaired) electrons. The highest BCUT2D eigenvalue weighted by Gasteiger charge is 2.20. The molecule has 2 heterocycles. The van der Waals surface area contributed by atoms with Gasteiger partial charge < -0.3 is 14.5 Å². The molecule has 1 atom stereocenters. The minimum Gasteiger partial charge on any atom is -0.495 e. The van der Waals surface area contributed by atoms with Gasteiger partial charge in [-0.2, -0.15) is 5.10 Å². The Morgan fingerprint density at radius 1 is 1.03 bits per heavy atom. The SMILES string of the molecule is COc1cc2c(cc1NC(=O)[C@H](C)n1ncc(=O)c3ccccc31)oc1ccccc12. The maximum absolute atomic E-state index is 13.1. The summed E-state index contributed by atoms with van der Waals surface area (Å²) >= 11 is 0. The van der Waals surface area contributed by atoms with Crippen molar-refractivity contribution in [3.63, 3.8) is 0 Å². The third-order valence-electron chi connectivity index (χ3n) is 5.42. The molecule has 0 aliphatic carbocycles. The van der Waals surface area contributed by atoms with E-state index in [-0.39, 0.29) is 11.3 Å². The number of rotatable bonds is 4. The van der Waals surface area contributed by atoms with E-state index in [4.69, 9.17) is 9.15 Å². The van der Waals surface area contributed by atoms with Crippen molar-refractivity contribution in [2.24, 2.45) is 0 Å². The third kappa shape index (κ3) is 3.11. The summed E-state index contributed by atoms with van der Waals surface area (Å²) in [6.45, 7) is 1.73. The summed E-state index contributed by atoms with van der Waals surface area (Å²) in [5.41, 5.74) is 2.32. The molecule has 0 saturated heterocycles. The molecule has 7 heteroatoms. The van der Waals surface area contributed by atoms with Crippen LogP contribution in [0, 0.1) is 0 Å². The zero-order valence-corrected chi connectivity index (χ0v) is 17.0. The Bertz CT molecular complexity index is 1520. The van der Waals surface area contributed by atoms with Crippen LogP contribution in [0.15, 0.2) is 76.1 Å². The van der Waals surface area contributed by atoms with Crippen molar-refractivity contribution in [1.29, 1.82) is 0 Å². The molecule has 1 amide bonds. The molecule has 0 saturated carbocycles. The number of para-hydroxylation sites is 2. The van der Waals surface area contributed by atoms with E-state index in [0.717, 1.165) is 16.4 Å². The summed E-state index contributed by atoms with van der Waals surface area (Å²) in [6.07, 6.45) is 1.23. The number of amides is 1. The predicted molar refractivity (Wildman–Crippen MR) is 120 cm³/mol. The van der Waals surface area contributed by atoms with Gasteiger partial charge in [-0.15, -0.1) is 0 Å². The number of ether oxygens (including phenoxy) is 1. The molecule has 154 valence electrons. The van der Waals surface area contributed by atoms with Crippen LogP contribution in [0.25, 0.3) is 32.8 Å². The van der Waals surface area contributed by atoms with Crippen LogP contribution in [0.5, 0.6) is 5.75 Å². The van der Waals surface area contributed by atoms with E-state index in [1.807, 2.05) is 36.4 Å². The lowest BCUT2D eigenvalue weighted by Gasteiger charge is -2.18. The fourth-order valence-electron chi connectivity index (χ4n) is 3.80. The number of fused-ring (bicyclic) bond motifs is 4. The lowest BCUT2D eigenvalue weighted by molar-refractivity contribution is -0.119. The van der Waals surface area contributed by atoms with E-state index < -0.39 is 6.04 Å². The number of hydrogen-bond acceptors (Lipinski definition) is 5. The van der Waals surface area contributed by atoms with Crippen LogP contribution in [-0.4, -0.2) is 22.8 Å². The van der Waals surface area contributed by atoms with E-state index in [9.17, 15) is 9.59 Å². The molecular formula is C24H19N3O4. The second-order valence-corrected chi connectivity index (χ2v) is 7.28. The first-order valence-electron chi connectivity index (χ1n) is 9.83. The van der Waals surface area contributed by atoms with Crippen LogP contribution >= 0.6 is 0 Å². The van der Waals surface area contributed by atoms with Crippen molar-refractivity contribution >= 4 is 44.4 Å². The van der Waals surface area contributed by atoms with Gasteiger partial charge in [0.05, 0.1) is 24.5 Å². The third-order valence-corrected chi connectivity index (χ3v) is 5.42. The Labute approximate surface area is 176 Å². The molecule has 7 nitrogen and oxygen atoms in total. The number of carbonyl (C=O) groups excluding carboxylic acids is 1. The Kier molecular flexibility index (Phi) is 4.43. The van der Waals surface area contributed by atoms with Crippen molar-refractivity contribution in [1.82, 2.24) is 9.78 Å². The maximum atomic E-state index is 13.1. The number of benzene rings is 3. The average Bonchev–Trinajstić information content (AvgIpc) is 3.16. The Balaban J connectivity index is 1.53. The second kappa shape index (κ2) is 7.28. The first-order valence-corrected chi connectivity index (χ1v) is 9.83. The quantitative estimate of drug-likeness (QED) is 0.469. The molecule has 2 aromatic heterocycles. The summed E-state index contributed by atoms with van der Waals surface area (Å²) in [6, 6.07) is 17.8.